The predicted molar refractivity (Wildman–Crippen MR) is 136 cm³/mol. The van der Waals surface area contributed by atoms with Gasteiger partial charge < -0.3 is 30.1 Å². The molecule has 1 saturated heterocycles. The van der Waals surface area contributed by atoms with Gasteiger partial charge in [0.05, 0.1) is 13.2 Å². The average molecular weight is 524 g/mol. The molecule has 0 aromatic rings. The number of fused-ring (bicyclic) bond motifs is 1. The van der Waals surface area contributed by atoms with Crippen LogP contribution in [0.25, 0.3) is 0 Å². The zero-order valence-corrected chi connectivity index (χ0v) is 23.7. The van der Waals surface area contributed by atoms with Crippen LogP contribution >= 0.6 is 0 Å². The Morgan fingerprint density at radius 1 is 1.05 bits per heavy atom. The number of hydrogen-bond donors (Lipinski definition) is 3. The Kier molecular flexibility index (Phi) is 7.95. The smallest absolute Gasteiger partial charge is 0.408 e. The molecule has 3 rings (SSSR count). The summed E-state index contributed by atoms with van der Waals surface area (Å²) in [5, 5.41) is 16.2. The summed E-state index contributed by atoms with van der Waals surface area (Å²) in [5.74, 6) is -1.14. The van der Waals surface area contributed by atoms with Crippen molar-refractivity contribution < 1.29 is 33.8 Å². The number of hydrogen-bond acceptors (Lipinski definition) is 7. The second kappa shape index (κ2) is 10.1. The topological polar surface area (TPSA) is 134 Å². The number of carbonyl (C=O) groups excluding carboxylic acids is 4. The maximum Gasteiger partial charge on any atom is 0.408 e. The van der Waals surface area contributed by atoms with Gasteiger partial charge in [-0.3, -0.25) is 9.59 Å². The van der Waals surface area contributed by atoms with Crippen LogP contribution < -0.4 is 10.6 Å². The summed E-state index contributed by atoms with van der Waals surface area (Å²) in [6.45, 7) is 15.3. The number of likely N-dealkylation sites (tertiary alicyclic amines) is 1. The Morgan fingerprint density at radius 3 is 2.14 bits per heavy atom. The molecule has 0 bridgehead atoms. The number of aliphatic hydroxyl groups excluding tert-OH is 1. The van der Waals surface area contributed by atoms with Crippen molar-refractivity contribution in [2.45, 2.75) is 104 Å². The number of esters is 1. The Morgan fingerprint density at radius 2 is 1.65 bits per heavy atom. The van der Waals surface area contributed by atoms with Gasteiger partial charge in [0.1, 0.15) is 17.7 Å². The fraction of sp³-hybridized carbons (Fsp3) is 0.852. The van der Waals surface area contributed by atoms with Gasteiger partial charge in [-0.2, -0.15) is 0 Å². The molecule has 6 atom stereocenters. The summed E-state index contributed by atoms with van der Waals surface area (Å²) in [5.41, 5.74) is -1.50. The van der Waals surface area contributed by atoms with Crippen molar-refractivity contribution in [3.63, 3.8) is 0 Å². The number of piperidine rings is 1. The molecule has 10 heteroatoms. The molecule has 210 valence electrons. The molecule has 37 heavy (non-hydrogen) atoms. The van der Waals surface area contributed by atoms with Crippen molar-refractivity contribution in [1.82, 2.24) is 15.5 Å². The zero-order chi connectivity index (χ0) is 28.1. The lowest BCUT2D eigenvalue weighted by atomic mass is 9.85. The maximum atomic E-state index is 13.9. The molecule has 0 aromatic carbocycles. The minimum atomic E-state index is -1.49. The predicted octanol–water partition coefficient (Wildman–Crippen LogP) is 2.23. The van der Waals surface area contributed by atoms with Crippen LogP contribution in [0.1, 0.15) is 74.7 Å². The minimum absolute atomic E-state index is 0.0598. The number of amides is 3. The normalized spacial score (nSPS) is 26.9. The second-order valence-corrected chi connectivity index (χ2v) is 13.6. The minimum Gasteiger partial charge on any atom is -0.467 e. The van der Waals surface area contributed by atoms with Gasteiger partial charge >= 0.3 is 12.1 Å². The molecule has 2 unspecified atom stereocenters. The highest BCUT2D eigenvalue weighted by molar-refractivity contribution is 5.93. The quantitative estimate of drug-likeness (QED) is 0.415. The molecule has 1 aliphatic heterocycles. The Balaban J connectivity index is 1.83. The number of ether oxygens (including phenoxy) is 2. The molecule has 1 heterocycles. The third kappa shape index (κ3) is 6.56. The van der Waals surface area contributed by atoms with Crippen LogP contribution in [-0.2, 0) is 23.9 Å². The van der Waals surface area contributed by atoms with Gasteiger partial charge in [-0.25, -0.2) is 9.59 Å². The highest BCUT2D eigenvalue weighted by atomic mass is 16.6. The maximum absolute atomic E-state index is 13.9. The van der Waals surface area contributed by atoms with Crippen molar-refractivity contribution in [3.8, 4) is 0 Å². The van der Waals surface area contributed by atoms with E-state index in [2.05, 4.69) is 24.5 Å². The Bertz CT molecular complexity index is 916. The summed E-state index contributed by atoms with van der Waals surface area (Å²) >= 11 is 0. The lowest BCUT2D eigenvalue weighted by Gasteiger charge is -2.38. The van der Waals surface area contributed by atoms with E-state index in [1.807, 2.05) is 20.8 Å². The summed E-state index contributed by atoms with van der Waals surface area (Å²) in [6.07, 6.45) is 0.243. The van der Waals surface area contributed by atoms with Crippen LogP contribution in [0.2, 0.25) is 0 Å². The van der Waals surface area contributed by atoms with E-state index in [0.717, 1.165) is 12.8 Å². The monoisotopic (exact) mass is 523 g/mol. The van der Waals surface area contributed by atoms with Gasteiger partial charge in [-0.05, 0) is 55.8 Å². The molecule has 3 aliphatic rings. The Hall–Kier alpha value is -2.36. The zero-order valence-electron chi connectivity index (χ0n) is 23.7. The first-order valence-corrected chi connectivity index (χ1v) is 13.2. The molecule has 0 spiro atoms. The number of rotatable bonds is 8. The first kappa shape index (κ1) is 29.2. The van der Waals surface area contributed by atoms with E-state index in [9.17, 15) is 24.3 Å². The largest absolute Gasteiger partial charge is 0.467 e. The van der Waals surface area contributed by atoms with E-state index in [1.54, 1.807) is 25.7 Å². The van der Waals surface area contributed by atoms with Crippen LogP contribution in [-0.4, -0.2) is 77.4 Å². The van der Waals surface area contributed by atoms with Crippen LogP contribution in [0.3, 0.4) is 0 Å². The van der Waals surface area contributed by atoms with E-state index in [0.29, 0.717) is 18.9 Å². The SMILES string of the molecule is COC(=O)C(O)C(CC1CC1)NC(=O)[C@@H]1[C@@H]2[C@H](CN1C(=O)[C@@H](NC(=O)OC(C)(C)C)C(C)(C)C)C2(C)C. The van der Waals surface area contributed by atoms with E-state index in [1.165, 1.54) is 7.11 Å². The van der Waals surface area contributed by atoms with Crippen LogP contribution in [0.15, 0.2) is 0 Å². The highest BCUT2D eigenvalue weighted by Gasteiger charge is 2.70. The summed E-state index contributed by atoms with van der Waals surface area (Å²) < 4.78 is 10.1. The van der Waals surface area contributed by atoms with E-state index in [-0.39, 0.29) is 23.2 Å². The summed E-state index contributed by atoms with van der Waals surface area (Å²) in [4.78, 5) is 53.8. The van der Waals surface area contributed by atoms with Gasteiger partial charge in [0.25, 0.3) is 0 Å². The molecule has 0 radical (unpaired) electrons. The van der Waals surface area contributed by atoms with Crippen LogP contribution in [0.5, 0.6) is 0 Å². The first-order chi connectivity index (χ1) is 16.9. The second-order valence-electron chi connectivity index (χ2n) is 13.6. The lowest BCUT2D eigenvalue weighted by Crippen LogP contribution is -2.61. The number of alkyl carbamates (subject to hydrolysis) is 1. The van der Waals surface area contributed by atoms with Crippen molar-refractivity contribution in [3.05, 3.63) is 0 Å². The third-order valence-electron chi connectivity index (χ3n) is 7.97. The van der Waals surface area contributed by atoms with E-state index >= 15 is 0 Å². The fourth-order valence-electron chi connectivity index (χ4n) is 5.59. The number of aliphatic hydroxyl groups is 1. The van der Waals surface area contributed by atoms with Gasteiger partial charge in [0.15, 0.2) is 6.10 Å². The molecule has 3 amide bonds. The number of carbonyl (C=O) groups is 4. The van der Waals surface area contributed by atoms with Crippen molar-refractivity contribution in [2.75, 3.05) is 13.7 Å². The van der Waals surface area contributed by atoms with Gasteiger partial charge in [0.2, 0.25) is 11.8 Å². The Labute approximate surface area is 220 Å². The molecule has 3 fully saturated rings. The first-order valence-electron chi connectivity index (χ1n) is 13.2. The van der Waals surface area contributed by atoms with Gasteiger partial charge in [-0.1, -0.05) is 47.5 Å². The molecule has 10 nitrogen and oxygen atoms in total. The molecular formula is C27H45N3O7. The van der Waals surface area contributed by atoms with E-state index < -0.39 is 53.2 Å². The third-order valence-corrected chi connectivity index (χ3v) is 7.97. The number of nitrogens with one attached hydrogen (secondary N) is 2. The molecule has 2 saturated carbocycles. The standard InChI is InChI=1S/C27H45N3O7/c1-25(2,3)20(29-24(35)37-26(4,5)6)22(33)30-13-15-17(27(15,7)8)18(30)21(32)28-16(12-14-10-11-14)19(31)23(34)36-9/h14-20,31H,10-13H2,1-9H3,(H,28,32)(H,29,35)/t15-,16?,17-,18-,19?,20+/m0/s1. The fourth-order valence-corrected chi connectivity index (χ4v) is 5.59. The summed E-state index contributed by atoms with van der Waals surface area (Å²) in [7, 11) is 1.19. The number of methoxy groups -OCH3 is 1. The lowest BCUT2D eigenvalue weighted by molar-refractivity contribution is -0.153. The molecule has 0 aromatic heterocycles. The van der Waals surface area contributed by atoms with Gasteiger partial charge in [-0.15, -0.1) is 0 Å². The van der Waals surface area contributed by atoms with Crippen LogP contribution in [0.4, 0.5) is 4.79 Å². The van der Waals surface area contributed by atoms with Crippen LogP contribution in [0, 0.1) is 28.6 Å². The van der Waals surface area contributed by atoms with Crippen molar-refractivity contribution in [2.24, 2.45) is 28.6 Å². The van der Waals surface area contributed by atoms with E-state index in [4.69, 9.17) is 9.47 Å². The van der Waals surface area contributed by atoms with Crippen molar-refractivity contribution in [1.29, 1.82) is 0 Å². The summed E-state index contributed by atoms with van der Waals surface area (Å²) in [6, 6.07) is -2.49. The number of nitrogens with zero attached hydrogens (tertiary/aromatic N) is 1. The molecular weight excluding hydrogens is 478 g/mol. The van der Waals surface area contributed by atoms with Gasteiger partial charge in [0, 0.05) is 6.54 Å². The highest BCUT2D eigenvalue weighted by Crippen LogP contribution is 2.65. The molecule has 2 aliphatic carbocycles. The molecule has 3 N–H and O–H groups in total. The average Bonchev–Trinajstić information content (AvgIpc) is 3.60. The van der Waals surface area contributed by atoms with Crippen molar-refractivity contribution >= 4 is 23.9 Å².